The first-order valence-corrected chi connectivity index (χ1v) is 16.8. The van der Waals surface area contributed by atoms with E-state index >= 15 is 0 Å². The third-order valence-electron chi connectivity index (χ3n) is 6.62. The van der Waals surface area contributed by atoms with Crippen molar-refractivity contribution in [2.24, 2.45) is 0 Å². The molecule has 4 N–H and O–H groups in total. The molecule has 242 valence electrons. The van der Waals surface area contributed by atoms with Crippen molar-refractivity contribution in [2.75, 3.05) is 38.5 Å². The fourth-order valence-electron chi connectivity index (χ4n) is 4.45. The summed E-state index contributed by atoms with van der Waals surface area (Å²) in [5.74, 6) is -1.77. The Kier molecular flexibility index (Phi) is 14.5. The Balaban J connectivity index is 0.00000102. The quantitative estimate of drug-likeness (QED) is 0.113. The summed E-state index contributed by atoms with van der Waals surface area (Å²) in [7, 11) is -3.63. The lowest BCUT2D eigenvalue weighted by Gasteiger charge is -2.23. The molecule has 0 bridgehead atoms. The summed E-state index contributed by atoms with van der Waals surface area (Å²) in [5, 5.41) is 37.0. The van der Waals surface area contributed by atoms with Crippen LogP contribution >= 0.6 is 11.8 Å². The first kappa shape index (κ1) is 36.9. The number of rotatable bonds is 14. The maximum absolute atomic E-state index is 13.3. The van der Waals surface area contributed by atoms with Crippen molar-refractivity contribution in [3.05, 3.63) is 53.6 Å². The molecule has 3 rings (SSSR count). The van der Waals surface area contributed by atoms with Gasteiger partial charge in [0.25, 0.3) is 0 Å². The third-order valence-corrected chi connectivity index (χ3v) is 9.59. The standard InChI is InChI=1S/C28H41N5O3S2.C2H2O4/c1-7-32(8-2)38(35,36)23-12-9-11-22(19-23)27-30-31-28(37-18-16-29-15-17-34)33(27)26-24(20(3)4)13-10-14-25(26)21(5)6;3-1(4)2(5)6/h9-14,19-21,29,34H,7-8,15-18H2,1-6H3;(H,3,4)(H,5,6). The number of benzene rings is 2. The average Bonchev–Trinajstić information content (AvgIpc) is 3.40. The molecule has 1 aromatic heterocycles. The lowest BCUT2D eigenvalue weighted by atomic mass is 9.92. The van der Waals surface area contributed by atoms with E-state index in [0.29, 0.717) is 37.6 Å². The smallest absolute Gasteiger partial charge is 0.414 e. The summed E-state index contributed by atoms with van der Waals surface area (Å²) < 4.78 is 30.2. The summed E-state index contributed by atoms with van der Waals surface area (Å²) in [6.07, 6.45) is 0. The molecule has 0 aliphatic heterocycles. The van der Waals surface area contributed by atoms with E-state index in [0.717, 1.165) is 16.6 Å². The van der Waals surface area contributed by atoms with Crippen LogP contribution in [0.4, 0.5) is 0 Å². The zero-order chi connectivity index (χ0) is 33.0. The van der Waals surface area contributed by atoms with Crippen LogP contribution in [0.5, 0.6) is 0 Å². The van der Waals surface area contributed by atoms with Gasteiger partial charge in [-0.25, -0.2) is 18.0 Å². The van der Waals surface area contributed by atoms with Crippen LogP contribution in [0.2, 0.25) is 0 Å². The van der Waals surface area contributed by atoms with Gasteiger partial charge in [-0.2, -0.15) is 4.31 Å². The number of carboxylic acid groups (broad SMARTS) is 2. The second-order valence-electron chi connectivity index (χ2n) is 10.3. The molecule has 0 radical (unpaired) electrons. The van der Waals surface area contributed by atoms with Crippen molar-refractivity contribution in [1.29, 1.82) is 0 Å². The van der Waals surface area contributed by atoms with Gasteiger partial charge in [-0.05, 0) is 35.1 Å². The van der Waals surface area contributed by atoms with Gasteiger partial charge in [-0.15, -0.1) is 10.2 Å². The van der Waals surface area contributed by atoms with E-state index in [1.807, 2.05) is 19.9 Å². The van der Waals surface area contributed by atoms with Crippen LogP contribution in [0.25, 0.3) is 17.1 Å². The van der Waals surface area contributed by atoms with Crippen molar-refractivity contribution in [1.82, 2.24) is 24.4 Å². The van der Waals surface area contributed by atoms with Gasteiger partial charge >= 0.3 is 11.9 Å². The van der Waals surface area contributed by atoms with Crippen LogP contribution in [0.15, 0.2) is 52.5 Å². The highest BCUT2D eigenvalue weighted by atomic mass is 32.2. The minimum Gasteiger partial charge on any atom is -0.473 e. The number of aliphatic carboxylic acids is 2. The molecule has 0 fully saturated rings. The van der Waals surface area contributed by atoms with Gasteiger partial charge in [0.2, 0.25) is 10.0 Å². The van der Waals surface area contributed by atoms with Crippen LogP contribution in [-0.2, 0) is 19.6 Å². The molecule has 0 saturated carbocycles. The van der Waals surface area contributed by atoms with E-state index in [4.69, 9.17) is 24.9 Å². The lowest BCUT2D eigenvalue weighted by molar-refractivity contribution is -0.159. The maximum atomic E-state index is 13.3. The summed E-state index contributed by atoms with van der Waals surface area (Å²) in [5.41, 5.74) is 4.12. The van der Waals surface area contributed by atoms with Crippen molar-refractivity contribution in [2.45, 2.75) is 63.4 Å². The largest absolute Gasteiger partial charge is 0.473 e. The molecular formula is C30H43N5O7S2. The number of aromatic nitrogens is 3. The summed E-state index contributed by atoms with van der Waals surface area (Å²) in [4.78, 5) is 18.4. The van der Waals surface area contributed by atoms with Crippen molar-refractivity contribution >= 4 is 33.7 Å². The summed E-state index contributed by atoms with van der Waals surface area (Å²) in [6.45, 7) is 14.6. The maximum Gasteiger partial charge on any atom is 0.414 e. The number of carboxylic acids is 2. The number of nitrogens with zero attached hydrogens (tertiary/aromatic N) is 4. The van der Waals surface area contributed by atoms with Crippen LogP contribution in [0, 0.1) is 0 Å². The van der Waals surface area contributed by atoms with Gasteiger partial charge in [0.1, 0.15) is 0 Å². The molecule has 2 aromatic carbocycles. The van der Waals surface area contributed by atoms with Gasteiger partial charge < -0.3 is 20.6 Å². The number of para-hydroxylation sites is 1. The highest BCUT2D eigenvalue weighted by Gasteiger charge is 2.26. The number of aliphatic hydroxyl groups excluding tert-OH is 1. The fraction of sp³-hybridized carbons (Fsp3) is 0.467. The highest BCUT2D eigenvalue weighted by Crippen LogP contribution is 2.37. The predicted molar refractivity (Wildman–Crippen MR) is 171 cm³/mol. The van der Waals surface area contributed by atoms with Crippen LogP contribution in [0.3, 0.4) is 0 Å². The van der Waals surface area contributed by atoms with Gasteiger partial charge in [-0.1, -0.05) is 83.6 Å². The Bertz CT molecular complexity index is 1460. The Morgan fingerprint density at radius 2 is 1.50 bits per heavy atom. The zero-order valence-corrected chi connectivity index (χ0v) is 27.7. The Hall–Kier alpha value is -3.30. The number of sulfonamides is 1. The first-order chi connectivity index (χ1) is 20.8. The second-order valence-corrected chi connectivity index (χ2v) is 13.3. The van der Waals surface area contributed by atoms with E-state index in [-0.39, 0.29) is 23.3 Å². The monoisotopic (exact) mass is 649 g/mol. The first-order valence-electron chi connectivity index (χ1n) is 14.4. The molecule has 0 unspecified atom stereocenters. The molecule has 3 aromatic rings. The van der Waals surface area contributed by atoms with Crippen molar-refractivity contribution in [3.63, 3.8) is 0 Å². The third kappa shape index (κ3) is 9.35. The fourth-order valence-corrected chi connectivity index (χ4v) is 6.79. The molecule has 0 aliphatic rings. The van der Waals surface area contributed by atoms with Crippen LogP contribution in [-0.4, -0.2) is 93.3 Å². The molecule has 1 heterocycles. The number of hydrogen-bond acceptors (Lipinski definition) is 9. The molecule has 0 spiro atoms. The molecule has 0 amide bonds. The minimum absolute atomic E-state index is 0.0945. The summed E-state index contributed by atoms with van der Waals surface area (Å²) in [6, 6.07) is 13.4. The number of thioether (sulfide) groups is 1. The Labute approximate surface area is 263 Å². The molecule has 44 heavy (non-hydrogen) atoms. The van der Waals surface area contributed by atoms with E-state index in [2.05, 4.69) is 66.0 Å². The number of carbonyl (C=O) groups is 2. The molecule has 12 nitrogen and oxygen atoms in total. The summed E-state index contributed by atoms with van der Waals surface area (Å²) >= 11 is 1.59. The molecule has 0 saturated heterocycles. The van der Waals surface area contributed by atoms with Gasteiger partial charge in [0, 0.05) is 37.5 Å². The Morgan fingerprint density at radius 1 is 0.932 bits per heavy atom. The average molecular weight is 650 g/mol. The van der Waals surface area contributed by atoms with Gasteiger partial charge in [0.05, 0.1) is 17.2 Å². The predicted octanol–water partition coefficient (Wildman–Crippen LogP) is 4.04. The van der Waals surface area contributed by atoms with Crippen LogP contribution < -0.4 is 5.32 Å². The molecule has 0 aliphatic carbocycles. The second kappa shape index (κ2) is 17.3. The van der Waals surface area contributed by atoms with Crippen LogP contribution in [0.1, 0.15) is 64.5 Å². The van der Waals surface area contributed by atoms with Gasteiger partial charge in [0.15, 0.2) is 11.0 Å². The van der Waals surface area contributed by atoms with E-state index in [9.17, 15) is 8.42 Å². The SMILES string of the molecule is CCN(CC)S(=O)(=O)c1cccc(-c2nnc(SCCNCCO)n2-c2c(C(C)C)cccc2C(C)C)c1.O=C(O)C(=O)O. The Morgan fingerprint density at radius 3 is 2.00 bits per heavy atom. The number of aliphatic hydroxyl groups is 1. The topological polar surface area (TPSA) is 175 Å². The number of nitrogens with one attached hydrogen (secondary N) is 1. The van der Waals surface area contributed by atoms with E-state index < -0.39 is 22.0 Å². The number of hydrogen-bond donors (Lipinski definition) is 4. The van der Waals surface area contributed by atoms with Crippen molar-refractivity contribution in [3.8, 4) is 17.1 Å². The van der Waals surface area contributed by atoms with E-state index in [1.165, 1.54) is 15.4 Å². The molecule has 14 heteroatoms. The molecule has 0 atom stereocenters. The van der Waals surface area contributed by atoms with E-state index in [1.54, 1.807) is 30.0 Å². The van der Waals surface area contributed by atoms with Crippen molar-refractivity contribution < 1.29 is 33.3 Å². The normalized spacial score (nSPS) is 11.6. The molecular weight excluding hydrogens is 606 g/mol. The minimum atomic E-state index is -3.63. The highest BCUT2D eigenvalue weighted by molar-refractivity contribution is 7.99. The lowest BCUT2D eigenvalue weighted by Crippen LogP contribution is -2.30. The van der Waals surface area contributed by atoms with Gasteiger partial charge in [-0.3, -0.25) is 4.57 Å². The zero-order valence-electron chi connectivity index (χ0n) is 26.0.